The highest BCUT2D eigenvalue weighted by molar-refractivity contribution is 9.10. The second kappa shape index (κ2) is 5.00. The summed E-state index contributed by atoms with van der Waals surface area (Å²) < 4.78 is 6.61. The number of benzene rings is 1. The van der Waals surface area contributed by atoms with Gasteiger partial charge < -0.3 is 4.74 Å². The third-order valence-corrected chi connectivity index (χ3v) is 3.38. The molecule has 0 radical (unpaired) electrons. The molecule has 1 aliphatic rings. The first kappa shape index (κ1) is 11.6. The van der Waals surface area contributed by atoms with Crippen molar-refractivity contribution in [2.75, 3.05) is 6.61 Å². The van der Waals surface area contributed by atoms with Crippen LogP contribution in [0.25, 0.3) is 0 Å². The van der Waals surface area contributed by atoms with E-state index in [0.717, 1.165) is 28.3 Å². The number of hydrogen-bond donors (Lipinski definition) is 0. The van der Waals surface area contributed by atoms with Gasteiger partial charge in [-0.05, 0) is 43.4 Å². The van der Waals surface area contributed by atoms with Crippen molar-refractivity contribution in [1.82, 2.24) is 0 Å². The van der Waals surface area contributed by atoms with Crippen molar-refractivity contribution in [2.45, 2.75) is 26.2 Å². The molecule has 1 aromatic carbocycles. The van der Waals surface area contributed by atoms with Gasteiger partial charge in [0.25, 0.3) is 0 Å². The third-order valence-electron chi connectivity index (χ3n) is 2.65. The van der Waals surface area contributed by atoms with Gasteiger partial charge in [0.2, 0.25) is 0 Å². The summed E-state index contributed by atoms with van der Waals surface area (Å²) in [5, 5.41) is 0. The van der Waals surface area contributed by atoms with Gasteiger partial charge in [-0.25, -0.2) is 0 Å². The van der Waals surface area contributed by atoms with Gasteiger partial charge >= 0.3 is 0 Å². The predicted octanol–water partition coefficient (Wildman–Crippen LogP) is 3.37. The van der Waals surface area contributed by atoms with Crippen LogP contribution in [-0.4, -0.2) is 12.4 Å². The minimum Gasteiger partial charge on any atom is -0.493 e. The van der Waals surface area contributed by atoms with E-state index in [2.05, 4.69) is 15.9 Å². The average Bonchev–Trinajstić information content (AvgIpc) is 3.02. The largest absolute Gasteiger partial charge is 0.493 e. The maximum atomic E-state index is 11.0. The molecule has 0 heterocycles. The Kier molecular flexibility index (Phi) is 3.64. The summed E-state index contributed by atoms with van der Waals surface area (Å²) in [7, 11) is 0. The molecule has 0 unspecified atom stereocenters. The molecule has 0 saturated heterocycles. The number of ketones is 1. The number of hydrogen-bond acceptors (Lipinski definition) is 2. The number of ether oxygens (including phenoxy) is 1. The molecule has 0 aliphatic heterocycles. The smallest absolute Gasteiger partial charge is 0.134 e. The third kappa shape index (κ3) is 3.34. The van der Waals surface area contributed by atoms with E-state index in [-0.39, 0.29) is 5.78 Å². The van der Waals surface area contributed by atoms with E-state index in [1.54, 1.807) is 6.92 Å². The van der Waals surface area contributed by atoms with E-state index < -0.39 is 0 Å². The van der Waals surface area contributed by atoms with Crippen molar-refractivity contribution in [3.05, 3.63) is 28.2 Å². The van der Waals surface area contributed by atoms with Crippen LogP contribution in [0.15, 0.2) is 22.7 Å². The van der Waals surface area contributed by atoms with Gasteiger partial charge in [0.15, 0.2) is 0 Å². The standard InChI is InChI=1S/C13H15BrO2/c1-9(15)6-11-4-5-12(7-13(11)14)16-8-10-2-3-10/h4-5,7,10H,2-3,6,8H2,1H3. The summed E-state index contributed by atoms with van der Waals surface area (Å²) in [6, 6.07) is 5.83. The lowest BCUT2D eigenvalue weighted by Gasteiger charge is -2.08. The molecular formula is C13H15BrO2. The van der Waals surface area contributed by atoms with Crippen LogP contribution in [0.5, 0.6) is 5.75 Å². The molecule has 0 N–H and O–H groups in total. The van der Waals surface area contributed by atoms with E-state index in [9.17, 15) is 4.79 Å². The molecule has 2 nitrogen and oxygen atoms in total. The molecule has 0 spiro atoms. The Labute approximate surface area is 104 Å². The first-order valence-corrected chi connectivity index (χ1v) is 6.35. The SMILES string of the molecule is CC(=O)Cc1ccc(OCC2CC2)cc1Br. The second-order valence-corrected chi connectivity index (χ2v) is 5.24. The van der Waals surface area contributed by atoms with Crippen molar-refractivity contribution in [3.8, 4) is 5.75 Å². The van der Waals surface area contributed by atoms with Crippen LogP contribution in [0, 0.1) is 5.92 Å². The minimum atomic E-state index is 0.173. The molecule has 1 saturated carbocycles. The molecule has 1 aliphatic carbocycles. The van der Waals surface area contributed by atoms with Crippen molar-refractivity contribution in [3.63, 3.8) is 0 Å². The molecule has 0 atom stereocenters. The van der Waals surface area contributed by atoms with Crippen LogP contribution in [0.2, 0.25) is 0 Å². The van der Waals surface area contributed by atoms with Crippen LogP contribution in [0.1, 0.15) is 25.3 Å². The van der Waals surface area contributed by atoms with Crippen LogP contribution < -0.4 is 4.74 Å². The van der Waals surface area contributed by atoms with Crippen molar-refractivity contribution in [2.24, 2.45) is 5.92 Å². The van der Waals surface area contributed by atoms with Gasteiger partial charge in [0.1, 0.15) is 11.5 Å². The second-order valence-electron chi connectivity index (χ2n) is 4.39. The topological polar surface area (TPSA) is 26.3 Å². The van der Waals surface area contributed by atoms with Crippen molar-refractivity contribution < 1.29 is 9.53 Å². The van der Waals surface area contributed by atoms with Gasteiger partial charge in [-0.2, -0.15) is 0 Å². The maximum Gasteiger partial charge on any atom is 0.134 e. The van der Waals surface area contributed by atoms with Gasteiger partial charge in [-0.3, -0.25) is 4.79 Å². The van der Waals surface area contributed by atoms with E-state index in [1.165, 1.54) is 12.8 Å². The van der Waals surface area contributed by atoms with Crippen LogP contribution in [-0.2, 0) is 11.2 Å². The molecule has 16 heavy (non-hydrogen) atoms. The summed E-state index contributed by atoms with van der Waals surface area (Å²) in [5.41, 5.74) is 1.02. The molecule has 0 amide bonds. The Hall–Kier alpha value is -0.830. The van der Waals surface area contributed by atoms with Gasteiger partial charge in [0, 0.05) is 10.9 Å². The van der Waals surface area contributed by atoms with Crippen LogP contribution in [0.3, 0.4) is 0 Å². The predicted molar refractivity (Wildman–Crippen MR) is 66.7 cm³/mol. The summed E-state index contributed by atoms with van der Waals surface area (Å²) in [4.78, 5) is 11.0. The van der Waals surface area contributed by atoms with E-state index in [1.807, 2.05) is 18.2 Å². The number of carbonyl (C=O) groups is 1. The van der Waals surface area contributed by atoms with Crippen LogP contribution >= 0.6 is 15.9 Å². The van der Waals surface area contributed by atoms with E-state index >= 15 is 0 Å². The number of halogens is 1. The lowest BCUT2D eigenvalue weighted by Crippen LogP contribution is -2.01. The molecule has 3 heteroatoms. The monoisotopic (exact) mass is 282 g/mol. The molecule has 0 aromatic heterocycles. The fourth-order valence-corrected chi connectivity index (χ4v) is 2.03. The van der Waals surface area contributed by atoms with Gasteiger partial charge in [-0.1, -0.05) is 22.0 Å². The first-order valence-electron chi connectivity index (χ1n) is 5.56. The van der Waals surface area contributed by atoms with Crippen molar-refractivity contribution >= 4 is 21.7 Å². The molecule has 0 bridgehead atoms. The Morgan fingerprint density at radius 3 is 2.81 bits per heavy atom. The maximum absolute atomic E-state index is 11.0. The Balaban J connectivity index is 1.99. The van der Waals surface area contributed by atoms with Gasteiger partial charge in [-0.15, -0.1) is 0 Å². The number of Topliss-reactive ketones (excluding diaryl/α,β-unsaturated/α-hetero) is 1. The molecule has 2 rings (SSSR count). The highest BCUT2D eigenvalue weighted by Crippen LogP contribution is 2.30. The van der Waals surface area contributed by atoms with Gasteiger partial charge in [0.05, 0.1) is 6.61 Å². The zero-order chi connectivity index (χ0) is 11.5. The Morgan fingerprint density at radius 2 is 2.25 bits per heavy atom. The zero-order valence-electron chi connectivity index (χ0n) is 9.33. The zero-order valence-corrected chi connectivity index (χ0v) is 10.9. The Bertz CT molecular complexity index is 397. The first-order chi connectivity index (χ1) is 7.65. The lowest BCUT2D eigenvalue weighted by molar-refractivity contribution is -0.116. The number of rotatable bonds is 5. The average molecular weight is 283 g/mol. The lowest BCUT2D eigenvalue weighted by atomic mass is 10.1. The number of carbonyl (C=O) groups excluding carboxylic acids is 1. The molecular weight excluding hydrogens is 268 g/mol. The summed E-state index contributed by atoms with van der Waals surface area (Å²) in [6.45, 7) is 2.42. The van der Waals surface area contributed by atoms with Crippen molar-refractivity contribution in [1.29, 1.82) is 0 Å². The van der Waals surface area contributed by atoms with Crippen LogP contribution in [0.4, 0.5) is 0 Å². The normalized spacial score (nSPS) is 14.9. The molecule has 1 fully saturated rings. The summed E-state index contributed by atoms with van der Waals surface area (Å²) in [6.07, 6.45) is 3.07. The fraction of sp³-hybridized carbons (Fsp3) is 0.462. The Morgan fingerprint density at radius 1 is 1.50 bits per heavy atom. The summed E-state index contributed by atoms with van der Waals surface area (Å²) in [5.74, 6) is 1.81. The quantitative estimate of drug-likeness (QED) is 0.828. The molecule has 1 aromatic rings. The highest BCUT2D eigenvalue weighted by Gasteiger charge is 2.21. The minimum absolute atomic E-state index is 0.173. The fourth-order valence-electron chi connectivity index (χ4n) is 1.53. The highest BCUT2D eigenvalue weighted by atomic mass is 79.9. The molecule has 86 valence electrons. The van der Waals surface area contributed by atoms with E-state index in [0.29, 0.717) is 6.42 Å². The summed E-state index contributed by atoms with van der Waals surface area (Å²) >= 11 is 3.47. The van der Waals surface area contributed by atoms with E-state index in [4.69, 9.17) is 4.74 Å².